The molecule has 0 aromatic carbocycles. The molecule has 2 rings (SSSR count). The molecule has 0 radical (unpaired) electrons. The molecule has 0 amide bonds. The molecule has 1 N–H and O–H groups in total. The smallest absolute Gasteiger partial charge is 0.107 e. The Morgan fingerprint density at radius 3 is 2.76 bits per heavy atom. The minimum atomic E-state index is 0.675. The van der Waals surface area contributed by atoms with Crippen LogP contribution in [0.4, 0.5) is 0 Å². The molecule has 2 aromatic rings. The first-order valence-electron chi connectivity index (χ1n) is 7.36. The van der Waals surface area contributed by atoms with Crippen molar-refractivity contribution in [1.29, 1.82) is 0 Å². The highest BCUT2D eigenvalue weighted by Crippen LogP contribution is 2.12. The van der Waals surface area contributed by atoms with E-state index in [1.54, 1.807) is 11.3 Å². The summed E-state index contributed by atoms with van der Waals surface area (Å²) >= 11 is 1.73. The molecule has 0 saturated heterocycles. The van der Waals surface area contributed by atoms with E-state index in [2.05, 4.69) is 52.5 Å². The quantitative estimate of drug-likeness (QED) is 0.814. The molecular formula is C16H24N4S. The number of aromatic nitrogens is 2. The van der Waals surface area contributed by atoms with Crippen LogP contribution < -0.4 is 5.32 Å². The van der Waals surface area contributed by atoms with Gasteiger partial charge < -0.3 is 5.32 Å². The van der Waals surface area contributed by atoms with E-state index in [1.807, 2.05) is 18.3 Å². The molecule has 0 atom stereocenters. The molecule has 5 heteroatoms. The van der Waals surface area contributed by atoms with Gasteiger partial charge in [-0.15, -0.1) is 11.3 Å². The molecule has 21 heavy (non-hydrogen) atoms. The Kier molecular flexibility index (Phi) is 6.29. The number of hydrogen-bond donors (Lipinski definition) is 1. The Morgan fingerprint density at radius 2 is 2.05 bits per heavy atom. The number of nitrogens with zero attached hydrogens (tertiary/aromatic N) is 3. The van der Waals surface area contributed by atoms with Crippen molar-refractivity contribution in [2.24, 2.45) is 5.92 Å². The van der Waals surface area contributed by atoms with Crippen molar-refractivity contribution >= 4 is 11.3 Å². The second-order valence-electron chi connectivity index (χ2n) is 5.75. The Bertz CT molecular complexity index is 524. The first-order chi connectivity index (χ1) is 10.1. The lowest BCUT2D eigenvalue weighted by molar-refractivity contribution is 0.311. The zero-order valence-corrected chi connectivity index (χ0v) is 13.9. The van der Waals surface area contributed by atoms with Gasteiger partial charge in [0, 0.05) is 31.2 Å². The van der Waals surface area contributed by atoms with Gasteiger partial charge in [-0.05, 0) is 31.6 Å². The van der Waals surface area contributed by atoms with Gasteiger partial charge in [-0.3, -0.25) is 9.88 Å². The fraction of sp³-hybridized carbons (Fsp3) is 0.500. The van der Waals surface area contributed by atoms with Crippen LogP contribution in [0.1, 0.15) is 30.2 Å². The van der Waals surface area contributed by atoms with Crippen LogP contribution >= 0.6 is 11.3 Å². The maximum Gasteiger partial charge on any atom is 0.107 e. The average Bonchev–Trinajstić information content (AvgIpc) is 2.86. The summed E-state index contributed by atoms with van der Waals surface area (Å²) in [5, 5.41) is 6.75. The van der Waals surface area contributed by atoms with Crippen LogP contribution in [0.5, 0.6) is 0 Å². The van der Waals surface area contributed by atoms with Gasteiger partial charge in [0.15, 0.2) is 0 Å². The highest BCUT2D eigenvalue weighted by Gasteiger charge is 2.06. The number of hydrogen-bond acceptors (Lipinski definition) is 5. The van der Waals surface area contributed by atoms with E-state index >= 15 is 0 Å². The summed E-state index contributed by atoms with van der Waals surface area (Å²) in [5.41, 5.74) is 2.23. The monoisotopic (exact) mass is 304 g/mol. The third kappa shape index (κ3) is 5.91. The van der Waals surface area contributed by atoms with Gasteiger partial charge >= 0.3 is 0 Å². The predicted molar refractivity (Wildman–Crippen MR) is 88.1 cm³/mol. The molecule has 4 nitrogen and oxygen atoms in total. The summed E-state index contributed by atoms with van der Waals surface area (Å²) in [6.07, 6.45) is 1.84. The van der Waals surface area contributed by atoms with Crippen LogP contribution in [0.3, 0.4) is 0 Å². The third-order valence-corrected chi connectivity index (χ3v) is 3.92. The van der Waals surface area contributed by atoms with E-state index in [-0.39, 0.29) is 0 Å². The summed E-state index contributed by atoms with van der Waals surface area (Å²) in [5.74, 6) is 0.675. The van der Waals surface area contributed by atoms with Gasteiger partial charge in [-0.25, -0.2) is 4.98 Å². The summed E-state index contributed by atoms with van der Waals surface area (Å²) < 4.78 is 0. The van der Waals surface area contributed by atoms with Gasteiger partial charge in [0.25, 0.3) is 0 Å². The van der Waals surface area contributed by atoms with Gasteiger partial charge in [-0.1, -0.05) is 19.9 Å². The largest absolute Gasteiger partial charge is 0.310 e. The van der Waals surface area contributed by atoms with Gasteiger partial charge in [-0.2, -0.15) is 0 Å². The maximum absolute atomic E-state index is 4.68. The van der Waals surface area contributed by atoms with Crippen LogP contribution in [0, 0.1) is 5.92 Å². The lowest BCUT2D eigenvalue weighted by Gasteiger charge is -2.14. The van der Waals surface area contributed by atoms with E-state index in [9.17, 15) is 0 Å². The van der Waals surface area contributed by atoms with E-state index < -0.39 is 0 Å². The first kappa shape index (κ1) is 16.1. The lowest BCUT2D eigenvalue weighted by Crippen LogP contribution is -2.19. The normalized spacial score (nSPS) is 11.5. The van der Waals surface area contributed by atoms with Gasteiger partial charge in [0.05, 0.1) is 11.4 Å². The number of pyridine rings is 1. The summed E-state index contributed by atoms with van der Waals surface area (Å²) in [7, 11) is 2.10. The zero-order chi connectivity index (χ0) is 15.1. The van der Waals surface area contributed by atoms with Crippen LogP contribution in [0.25, 0.3) is 0 Å². The van der Waals surface area contributed by atoms with Crippen molar-refractivity contribution in [3.05, 3.63) is 46.2 Å². The summed E-state index contributed by atoms with van der Waals surface area (Å²) in [6.45, 7) is 8.04. The number of nitrogens with one attached hydrogen (secondary N) is 1. The SMILES string of the molecule is CC(C)CNCc1nc(CN(C)Cc2ccccn2)cs1. The molecule has 2 aromatic heterocycles. The fourth-order valence-corrected chi connectivity index (χ4v) is 2.83. The molecule has 0 bridgehead atoms. The van der Waals surface area contributed by atoms with Gasteiger partial charge in [0.2, 0.25) is 0 Å². The molecular weight excluding hydrogens is 280 g/mol. The van der Waals surface area contributed by atoms with E-state index in [0.717, 1.165) is 42.6 Å². The maximum atomic E-state index is 4.68. The standard InChI is InChI=1S/C16H24N4S/c1-13(2)8-17-9-16-19-15(12-21-16)11-20(3)10-14-6-4-5-7-18-14/h4-7,12-13,17H,8-11H2,1-3H3. The van der Waals surface area contributed by atoms with Crippen LogP contribution in [-0.4, -0.2) is 28.5 Å². The van der Waals surface area contributed by atoms with Gasteiger partial charge in [0.1, 0.15) is 5.01 Å². The first-order valence-corrected chi connectivity index (χ1v) is 8.24. The predicted octanol–water partition coefficient (Wildman–Crippen LogP) is 2.92. The second kappa shape index (κ2) is 8.22. The average molecular weight is 304 g/mol. The Morgan fingerprint density at radius 1 is 1.24 bits per heavy atom. The number of rotatable bonds is 8. The zero-order valence-electron chi connectivity index (χ0n) is 13.0. The minimum absolute atomic E-state index is 0.675. The van der Waals surface area contributed by atoms with E-state index in [1.165, 1.54) is 0 Å². The van der Waals surface area contributed by atoms with Crippen LogP contribution in [0.2, 0.25) is 0 Å². The highest BCUT2D eigenvalue weighted by atomic mass is 32.1. The Labute approximate surface area is 131 Å². The summed E-state index contributed by atoms with van der Waals surface area (Å²) in [6, 6.07) is 6.02. The van der Waals surface area contributed by atoms with Crippen LogP contribution in [-0.2, 0) is 19.6 Å². The summed E-state index contributed by atoms with van der Waals surface area (Å²) in [4.78, 5) is 11.3. The molecule has 114 valence electrons. The number of thiazole rings is 1. The van der Waals surface area contributed by atoms with E-state index in [4.69, 9.17) is 0 Å². The Hall–Kier alpha value is -1.30. The molecule has 0 fully saturated rings. The van der Waals surface area contributed by atoms with E-state index in [0.29, 0.717) is 5.92 Å². The van der Waals surface area contributed by atoms with Crippen LogP contribution in [0.15, 0.2) is 29.8 Å². The molecule has 0 aliphatic carbocycles. The second-order valence-corrected chi connectivity index (χ2v) is 6.69. The van der Waals surface area contributed by atoms with Crippen molar-refractivity contribution in [2.45, 2.75) is 33.5 Å². The Balaban J connectivity index is 1.79. The van der Waals surface area contributed by atoms with Crippen molar-refractivity contribution in [3.8, 4) is 0 Å². The van der Waals surface area contributed by atoms with Crippen molar-refractivity contribution in [1.82, 2.24) is 20.2 Å². The van der Waals surface area contributed by atoms with Crippen molar-refractivity contribution in [2.75, 3.05) is 13.6 Å². The lowest BCUT2D eigenvalue weighted by atomic mass is 10.2. The topological polar surface area (TPSA) is 41.1 Å². The highest BCUT2D eigenvalue weighted by molar-refractivity contribution is 7.09. The fourth-order valence-electron chi connectivity index (χ4n) is 2.07. The molecule has 0 aliphatic rings. The van der Waals surface area contributed by atoms with Crippen molar-refractivity contribution in [3.63, 3.8) is 0 Å². The molecule has 0 aliphatic heterocycles. The molecule has 0 spiro atoms. The van der Waals surface area contributed by atoms with Crippen molar-refractivity contribution < 1.29 is 0 Å². The molecule has 0 unspecified atom stereocenters. The third-order valence-electron chi connectivity index (χ3n) is 3.02. The minimum Gasteiger partial charge on any atom is -0.310 e. The molecule has 2 heterocycles. The molecule has 0 saturated carbocycles.